The summed E-state index contributed by atoms with van der Waals surface area (Å²) in [5.41, 5.74) is 20.7. The predicted molar refractivity (Wildman–Crippen MR) is 290 cm³/mol. The fourth-order valence-corrected chi connectivity index (χ4v) is 11.6. The molecule has 0 aliphatic heterocycles. The molecule has 12 aromatic rings. The zero-order chi connectivity index (χ0) is 46.2. The van der Waals surface area contributed by atoms with Crippen molar-refractivity contribution in [2.45, 2.75) is 18.3 Å². The Morgan fingerprint density at radius 2 is 0.900 bits per heavy atom. The van der Waals surface area contributed by atoms with Crippen molar-refractivity contribution >= 4 is 66.5 Å². The van der Waals surface area contributed by atoms with Crippen molar-refractivity contribution in [3.63, 3.8) is 0 Å². The maximum absolute atomic E-state index is 6.88. The smallest absolute Gasteiger partial charge is 0.143 e. The third-order valence-corrected chi connectivity index (χ3v) is 14.9. The third kappa shape index (κ3) is 6.21. The van der Waals surface area contributed by atoms with E-state index in [9.17, 15) is 0 Å². The van der Waals surface area contributed by atoms with Crippen molar-refractivity contribution in [1.82, 2.24) is 0 Å². The molecular formula is C67H45NO2. The Balaban J connectivity index is 0.889. The number of nitrogens with zero attached hydrogens (tertiary/aromatic N) is 1. The van der Waals surface area contributed by atoms with E-state index in [2.05, 4.69) is 242 Å². The van der Waals surface area contributed by atoms with Gasteiger partial charge in [0.2, 0.25) is 0 Å². The van der Waals surface area contributed by atoms with Gasteiger partial charge in [-0.15, -0.1) is 0 Å². The van der Waals surface area contributed by atoms with Crippen LogP contribution in [0, 0.1) is 0 Å². The van der Waals surface area contributed by atoms with Crippen LogP contribution in [-0.4, -0.2) is 0 Å². The van der Waals surface area contributed by atoms with E-state index in [1.807, 2.05) is 12.1 Å². The maximum Gasteiger partial charge on any atom is 0.143 e. The van der Waals surface area contributed by atoms with Crippen molar-refractivity contribution < 1.29 is 8.83 Å². The molecule has 330 valence electrons. The molecule has 1 atom stereocenters. The van der Waals surface area contributed by atoms with Crippen LogP contribution in [0.5, 0.6) is 0 Å². The van der Waals surface area contributed by atoms with Crippen LogP contribution in [0.4, 0.5) is 17.1 Å². The minimum absolute atomic E-state index is 0.633. The summed E-state index contributed by atoms with van der Waals surface area (Å²) >= 11 is 0. The monoisotopic (exact) mass is 895 g/mol. The number of rotatable bonds is 8. The standard InChI is InChI=1S/C67H45NO2/c1-3-15-44(16-4-1)45-29-36-50(37-30-45)68(52-40-33-47(34-41-52)53-22-13-23-58-56-20-8-11-27-63(56)69-65(53)58)51-38-31-46(32-39-51)48-35-42-55-54-19-7-10-25-60(54)67(62(55)43-48,49-17-5-2-6-18-49)61-26-14-24-59-57-21-9-12-28-64(57)70-66(59)61/h1-3,5-15,17-43H,4,16H2. The summed E-state index contributed by atoms with van der Waals surface area (Å²) in [6, 6.07) is 83.9. The van der Waals surface area contributed by atoms with Crippen molar-refractivity contribution in [3.8, 4) is 33.4 Å². The summed E-state index contributed by atoms with van der Waals surface area (Å²) in [7, 11) is 0. The molecule has 0 bridgehead atoms. The summed E-state index contributed by atoms with van der Waals surface area (Å²) in [4.78, 5) is 2.36. The number of hydrogen-bond acceptors (Lipinski definition) is 3. The summed E-state index contributed by atoms with van der Waals surface area (Å²) in [5.74, 6) is 0. The fourth-order valence-electron chi connectivity index (χ4n) is 11.6. The van der Waals surface area contributed by atoms with E-state index in [1.54, 1.807) is 0 Å². The van der Waals surface area contributed by atoms with E-state index in [0.717, 1.165) is 102 Å². The second kappa shape index (κ2) is 16.1. The lowest BCUT2D eigenvalue weighted by Gasteiger charge is -2.34. The predicted octanol–water partition coefficient (Wildman–Crippen LogP) is 18.4. The Morgan fingerprint density at radius 1 is 0.371 bits per heavy atom. The van der Waals surface area contributed by atoms with Gasteiger partial charge in [0.05, 0.1) is 5.41 Å². The van der Waals surface area contributed by atoms with Gasteiger partial charge in [-0.1, -0.05) is 194 Å². The Hall–Kier alpha value is -8.92. The van der Waals surface area contributed by atoms with Gasteiger partial charge < -0.3 is 13.7 Å². The minimum atomic E-state index is -0.633. The van der Waals surface area contributed by atoms with Gasteiger partial charge in [0.1, 0.15) is 22.3 Å². The molecule has 0 radical (unpaired) electrons. The Kier molecular flexibility index (Phi) is 9.25. The molecule has 0 spiro atoms. The third-order valence-electron chi connectivity index (χ3n) is 14.9. The first kappa shape index (κ1) is 40.2. The number of hydrogen-bond donors (Lipinski definition) is 0. The lowest BCUT2D eigenvalue weighted by Crippen LogP contribution is -2.28. The van der Waals surface area contributed by atoms with Crippen molar-refractivity contribution in [1.29, 1.82) is 0 Å². The Morgan fingerprint density at radius 3 is 1.60 bits per heavy atom. The highest BCUT2D eigenvalue weighted by atomic mass is 16.3. The largest absolute Gasteiger partial charge is 0.456 e. The fraction of sp³-hybridized carbons (Fsp3) is 0.0448. The van der Waals surface area contributed by atoms with Crippen LogP contribution in [0.2, 0.25) is 0 Å². The van der Waals surface area contributed by atoms with Crippen molar-refractivity contribution in [3.05, 3.63) is 277 Å². The van der Waals surface area contributed by atoms with Crippen molar-refractivity contribution in [2.75, 3.05) is 4.90 Å². The number of para-hydroxylation sites is 4. The van der Waals surface area contributed by atoms with E-state index in [4.69, 9.17) is 8.83 Å². The average Bonchev–Trinajstić information content (AvgIpc) is 4.11. The van der Waals surface area contributed by atoms with E-state index >= 15 is 0 Å². The molecule has 0 saturated carbocycles. The molecule has 0 amide bonds. The molecular weight excluding hydrogens is 851 g/mol. The van der Waals surface area contributed by atoms with E-state index in [-0.39, 0.29) is 0 Å². The summed E-state index contributed by atoms with van der Waals surface area (Å²) in [6.07, 6.45) is 8.79. The first-order chi connectivity index (χ1) is 34.7. The van der Waals surface area contributed by atoms with Gasteiger partial charge >= 0.3 is 0 Å². The number of fused-ring (bicyclic) bond motifs is 9. The second-order valence-electron chi connectivity index (χ2n) is 18.6. The molecule has 70 heavy (non-hydrogen) atoms. The summed E-state index contributed by atoms with van der Waals surface area (Å²) < 4.78 is 13.3. The topological polar surface area (TPSA) is 29.5 Å². The second-order valence-corrected chi connectivity index (χ2v) is 18.6. The molecule has 10 aromatic carbocycles. The van der Waals surface area contributed by atoms with Crippen LogP contribution < -0.4 is 4.90 Å². The first-order valence-electron chi connectivity index (χ1n) is 24.3. The highest BCUT2D eigenvalue weighted by Crippen LogP contribution is 2.58. The van der Waals surface area contributed by atoms with Gasteiger partial charge in [-0.3, -0.25) is 0 Å². The highest BCUT2D eigenvalue weighted by molar-refractivity contribution is 6.10. The van der Waals surface area contributed by atoms with Crippen LogP contribution in [0.3, 0.4) is 0 Å². The van der Waals surface area contributed by atoms with Crippen LogP contribution in [0.15, 0.2) is 258 Å². The molecule has 3 heteroatoms. The van der Waals surface area contributed by atoms with E-state index in [0.29, 0.717) is 0 Å². The lowest BCUT2D eigenvalue weighted by molar-refractivity contribution is 0.648. The summed E-state index contributed by atoms with van der Waals surface area (Å²) in [5, 5.41) is 4.52. The normalized spacial score (nSPS) is 15.1. The SMILES string of the molecule is C1=CCCC(c2ccc(N(c3ccc(-c4ccc5c(c4)C(c4ccccc4)(c4cccc6c4oc4ccccc46)c4ccccc4-5)cc3)c3ccc(-c4cccc5c4oc4ccccc45)cc3)cc2)=C1. The molecule has 2 aliphatic carbocycles. The zero-order valence-corrected chi connectivity index (χ0v) is 38.3. The number of furan rings is 2. The quantitative estimate of drug-likeness (QED) is 0.152. The molecule has 0 saturated heterocycles. The van der Waals surface area contributed by atoms with E-state index in [1.165, 1.54) is 39.0 Å². The van der Waals surface area contributed by atoms with Gasteiger partial charge in [0.25, 0.3) is 0 Å². The van der Waals surface area contributed by atoms with Crippen LogP contribution in [-0.2, 0) is 5.41 Å². The first-order valence-corrected chi connectivity index (χ1v) is 24.3. The zero-order valence-electron chi connectivity index (χ0n) is 38.3. The van der Waals surface area contributed by atoms with Gasteiger partial charge in [-0.2, -0.15) is 0 Å². The van der Waals surface area contributed by atoms with Gasteiger partial charge in [0.15, 0.2) is 0 Å². The molecule has 2 heterocycles. The van der Waals surface area contributed by atoms with E-state index < -0.39 is 5.41 Å². The highest BCUT2D eigenvalue weighted by Gasteiger charge is 2.47. The minimum Gasteiger partial charge on any atom is -0.456 e. The maximum atomic E-state index is 6.88. The molecule has 2 aromatic heterocycles. The van der Waals surface area contributed by atoms with Gasteiger partial charge in [-0.25, -0.2) is 0 Å². The Bertz CT molecular complexity index is 4040. The number of benzene rings is 10. The Labute approximate surface area is 406 Å². The van der Waals surface area contributed by atoms with Gasteiger partial charge in [0, 0.05) is 49.7 Å². The molecule has 1 unspecified atom stereocenters. The lowest BCUT2D eigenvalue weighted by atomic mass is 9.67. The molecule has 0 fully saturated rings. The van der Waals surface area contributed by atoms with Crippen LogP contribution in [0.1, 0.15) is 40.7 Å². The van der Waals surface area contributed by atoms with Crippen molar-refractivity contribution in [2.24, 2.45) is 0 Å². The molecule has 3 nitrogen and oxygen atoms in total. The molecule has 0 N–H and O–H groups in total. The van der Waals surface area contributed by atoms with Crippen LogP contribution >= 0.6 is 0 Å². The number of anilines is 3. The molecule has 2 aliphatic rings. The number of allylic oxidation sites excluding steroid dienone is 4. The molecule has 14 rings (SSSR count). The van der Waals surface area contributed by atoms with Gasteiger partial charge in [-0.05, 0) is 123 Å². The average molecular weight is 896 g/mol. The van der Waals surface area contributed by atoms with Crippen LogP contribution in [0.25, 0.3) is 82.8 Å². The summed E-state index contributed by atoms with van der Waals surface area (Å²) in [6.45, 7) is 0.